The summed E-state index contributed by atoms with van der Waals surface area (Å²) in [5.41, 5.74) is 16.9. The van der Waals surface area contributed by atoms with Crippen molar-refractivity contribution in [3.63, 3.8) is 0 Å². The number of hydrogen-bond acceptors (Lipinski definition) is 2. The summed E-state index contributed by atoms with van der Waals surface area (Å²) >= 11 is 0. The Labute approximate surface area is 337 Å². The van der Waals surface area contributed by atoms with Crippen LogP contribution in [0.15, 0.2) is 217 Å². The van der Waals surface area contributed by atoms with Crippen LogP contribution < -0.4 is 4.90 Å². The van der Waals surface area contributed by atoms with E-state index in [1.165, 1.54) is 55.3 Å². The predicted octanol–water partition coefficient (Wildman–Crippen LogP) is 15.5. The molecule has 0 aliphatic heterocycles. The van der Waals surface area contributed by atoms with E-state index in [0.29, 0.717) is 0 Å². The molecule has 0 atom stereocenters. The minimum absolute atomic E-state index is 0.910. The molecule has 0 aliphatic rings. The van der Waals surface area contributed by atoms with Crippen molar-refractivity contribution < 1.29 is 4.42 Å². The van der Waals surface area contributed by atoms with Crippen LogP contribution in [0.1, 0.15) is 5.56 Å². The van der Waals surface area contributed by atoms with Crippen LogP contribution in [-0.4, -0.2) is 4.57 Å². The molecule has 0 bridgehead atoms. The molecule has 0 unspecified atom stereocenters. The lowest BCUT2D eigenvalue weighted by Gasteiger charge is -2.26. The zero-order chi connectivity index (χ0) is 38.6. The topological polar surface area (TPSA) is 21.3 Å². The Balaban J connectivity index is 0.900. The summed E-state index contributed by atoms with van der Waals surface area (Å²) < 4.78 is 8.74. The van der Waals surface area contributed by atoms with Crippen LogP contribution in [0.3, 0.4) is 0 Å². The van der Waals surface area contributed by atoms with Gasteiger partial charge in [0.1, 0.15) is 11.2 Å². The van der Waals surface area contributed by atoms with E-state index in [9.17, 15) is 0 Å². The molecule has 274 valence electrons. The summed E-state index contributed by atoms with van der Waals surface area (Å²) in [4.78, 5) is 2.32. The summed E-state index contributed by atoms with van der Waals surface area (Å²) in [7, 11) is 0. The Bertz CT molecular complexity index is 3250. The Hall–Kier alpha value is -7.62. The lowest BCUT2D eigenvalue weighted by molar-refractivity contribution is 0.670. The highest BCUT2D eigenvalue weighted by atomic mass is 16.3. The van der Waals surface area contributed by atoms with Crippen LogP contribution in [0.25, 0.3) is 82.8 Å². The molecule has 11 aromatic rings. The number of fused-ring (bicyclic) bond motifs is 6. The van der Waals surface area contributed by atoms with Gasteiger partial charge < -0.3 is 13.9 Å². The normalized spacial score (nSPS) is 11.5. The Morgan fingerprint density at radius 3 is 1.60 bits per heavy atom. The van der Waals surface area contributed by atoms with Gasteiger partial charge in [-0.3, -0.25) is 0 Å². The van der Waals surface area contributed by atoms with E-state index in [4.69, 9.17) is 4.42 Å². The number of para-hydroxylation sites is 4. The molecule has 0 radical (unpaired) electrons. The van der Waals surface area contributed by atoms with E-state index >= 15 is 0 Å². The summed E-state index contributed by atoms with van der Waals surface area (Å²) in [6, 6.07) is 76.2. The maximum atomic E-state index is 6.38. The van der Waals surface area contributed by atoms with Crippen LogP contribution in [0.5, 0.6) is 0 Å². The number of anilines is 3. The SMILES string of the molecule is Cc1ccc(N(c2ccc(-c3ccc(-c4ccc5c(c4)c4ccccc4n5-c4ccccc4)cc3)cc2)c2ccc(-c3cccc4c3oc3ccccc34)cc2)cc1. The lowest BCUT2D eigenvalue weighted by atomic mass is 9.98. The van der Waals surface area contributed by atoms with Gasteiger partial charge >= 0.3 is 0 Å². The molecule has 58 heavy (non-hydrogen) atoms. The number of rotatable bonds is 7. The van der Waals surface area contributed by atoms with E-state index in [1.54, 1.807) is 0 Å². The van der Waals surface area contributed by atoms with Crippen molar-refractivity contribution in [1.82, 2.24) is 4.57 Å². The fourth-order valence-corrected chi connectivity index (χ4v) is 8.57. The first-order valence-corrected chi connectivity index (χ1v) is 19.8. The third-order valence-electron chi connectivity index (χ3n) is 11.5. The smallest absolute Gasteiger partial charge is 0.143 e. The third-order valence-corrected chi connectivity index (χ3v) is 11.5. The van der Waals surface area contributed by atoms with Crippen LogP contribution in [0.2, 0.25) is 0 Å². The number of benzene rings is 9. The highest BCUT2D eigenvalue weighted by Gasteiger charge is 2.17. The summed E-state index contributed by atoms with van der Waals surface area (Å²) in [5, 5.41) is 4.80. The van der Waals surface area contributed by atoms with E-state index < -0.39 is 0 Å². The third kappa shape index (κ3) is 5.75. The largest absolute Gasteiger partial charge is 0.455 e. The van der Waals surface area contributed by atoms with Crippen molar-refractivity contribution in [2.24, 2.45) is 0 Å². The van der Waals surface area contributed by atoms with E-state index in [-0.39, 0.29) is 0 Å². The molecule has 0 saturated heterocycles. The van der Waals surface area contributed by atoms with Gasteiger partial charge in [-0.2, -0.15) is 0 Å². The first-order chi connectivity index (χ1) is 28.7. The average Bonchev–Trinajstić information content (AvgIpc) is 3.84. The molecule has 0 aliphatic carbocycles. The first-order valence-electron chi connectivity index (χ1n) is 19.8. The summed E-state index contributed by atoms with van der Waals surface area (Å²) in [5.74, 6) is 0. The van der Waals surface area contributed by atoms with Crippen molar-refractivity contribution >= 4 is 60.8 Å². The second-order valence-electron chi connectivity index (χ2n) is 15.0. The summed E-state index contributed by atoms with van der Waals surface area (Å²) in [6.07, 6.45) is 0. The molecule has 2 heterocycles. The maximum Gasteiger partial charge on any atom is 0.143 e. The van der Waals surface area contributed by atoms with Crippen molar-refractivity contribution in [3.8, 4) is 39.1 Å². The van der Waals surface area contributed by atoms with Gasteiger partial charge in [-0.05, 0) is 108 Å². The van der Waals surface area contributed by atoms with Gasteiger partial charge in [-0.15, -0.1) is 0 Å². The van der Waals surface area contributed by atoms with Crippen LogP contribution in [-0.2, 0) is 0 Å². The molecule has 0 saturated carbocycles. The number of hydrogen-bond donors (Lipinski definition) is 0. The monoisotopic (exact) mass is 742 g/mol. The molecule has 11 rings (SSSR count). The van der Waals surface area contributed by atoms with E-state index in [0.717, 1.165) is 50.1 Å². The number of aromatic nitrogens is 1. The Kier molecular flexibility index (Phi) is 8.04. The van der Waals surface area contributed by atoms with Crippen molar-refractivity contribution in [3.05, 3.63) is 218 Å². The van der Waals surface area contributed by atoms with Gasteiger partial charge in [0.15, 0.2) is 0 Å². The average molecular weight is 743 g/mol. The molecule has 3 heteroatoms. The molecule has 3 nitrogen and oxygen atoms in total. The molecule has 0 amide bonds. The maximum absolute atomic E-state index is 6.38. The van der Waals surface area contributed by atoms with E-state index in [1.807, 2.05) is 12.1 Å². The Morgan fingerprint density at radius 1 is 0.379 bits per heavy atom. The zero-order valence-corrected chi connectivity index (χ0v) is 32.0. The van der Waals surface area contributed by atoms with Gasteiger partial charge in [-0.25, -0.2) is 0 Å². The molecular weight excluding hydrogens is 705 g/mol. The van der Waals surface area contributed by atoms with Crippen LogP contribution >= 0.6 is 0 Å². The van der Waals surface area contributed by atoms with Gasteiger partial charge in [0, 0.05) is 49.9 Å². The highest BCUT2D eigenvalue weighted by molar-refractivity contribution is 6.11. The van der Waals surface area contributed by atoms with Crippen molar-refractivity contribution in [2.75, 3.05) is 4.90 Å². The second kappa shape index (κ2) is 13.8. The number of furan rings is 1. The molecule has 2 aromatic heterocycles. The number of aryl methyl sites for hydroxylation is 1. The van der Waals surface area contributed by atoms with E-state index in [2.05, 4.69) is 217 Å². The first kappa shape index (κ1) is 33.7. The molecule has 9 aromatic carbocycles. The van der Waals surface area contributed by atoms with Gasteiger partial charge in [0.05, 0.1) is 11.0 Å². The molecule has 0 spiro atoms. The van der Waals surface area contributed by atoms with Crippen LogP contribution in [0.4, 0.5) is 17.1 Å². The minimum atomic E-state index is 0.910. The predicted molar refractivity (Wildman–Crippen MR) is 244 cm³/mol. The fraction of sp³-hybridized carbons (Fsp3) is 0.0182. The Morgan fingerprint density at radius 2 is 0.897 bits per heavy atom. The highest BCUT2D eigenvalue weighted by Crippen LogP contribution is 2.40. The van der Waals surface area contributed by atoms with Crippen molar-refractivity contribution in [1.29, 1.82) is 0 Å². The van der Waals surface area contributed by atoms with Crippen LogP contribution in [0, 0.1) is 6.92 Å². The van der Waals surface area contributed by atoms with Crippen molar-refractivity contribution in [2.45, 2.75) is 6.92 Å². The summed E-state index contributed by atoms with van der Waals surface area (Å²) in [6.45, 7) is 2.13. The standard InChI is InChI=1S/C55H38N2O/c1-37-18-29-44(30-19-37)56(46-33-26-41(27-34-46)47-14-9-15-50-49-13-6-8-17-54(49)58-55(47)50)45-31-24-39(25-32-45)38-20-22-40(23-21-38)42-28-35-53-51(36-42)48-12-5-7-16-52(48)57(53)43-10-3-2-4-11-43/h2-36H,1H3. The van der Waals surface area contributed by atoms with Gasteiger partial charge in [-0.1, -0.05) is 145 Å². The minimum Gasteiger partial charge on any atom is -0.455 e. The number of nitrogens with zero attached hydrogens (tertiary/aromatic N) is 2. The molecule has 0 N–H and O–H groups in total. The fourth-order valence-electron chi connectivity index (χ4n) is 8.57. The molecular formula is C55H38N2O. The van der Waals surface area contributed by atoms with Gasteiger partial charge in [0.2, 0.25) is 0 Å². The lowest BCUT2D eigenvalue weighted by Crippen LogP contribution is -2.09. The molecule has 0 fully saturated rings. The zero-order valence-electron chi connectivity index (χ0n) is 32.0. The van der Waals surface area contributed by atoms with Gasteiger partial charge in [0.25, 0.3) is 0 Å². The quantitative estimate of drug-likeness (QED) is 0.162. The second-order valence-corrected chi connectivity index (χ2v) is 15.0.